The fourth-order valence-electron chi connectivity index (χ4n) is 2.56. The summed E-state index contributed by atoms with van der Waals surface area (Å²) >= 11 is 0. The van der Waals surface area contributed by atoms with Crippen molar-refractivity contribution in [3.63, 3.8) is 0 Å². The maximum absolute atomic E-state index is 12.8. The van der Waals surface area contributed by atoms with Gasteiger partial charge in [-0.2, -0.15) is 9.57 Å². The quantitative estimate of drug-likeness (QED) is 0.833. The molecule has 6 heteroatoms. The van der Waals surface area contributed by atoms with Gasteiger partial charge < -0.3 is 4.74 Å². The predicted octanol–water partition coefficient (Wildman–Crippen LogP) is 1.91. The molecule has 1 unspecified atom stereocenters. The van der Waals surface area contributed by atoms with Crippen LogP contribution in [0.3, 0.4) is 0 Å². The number of nitrogens with zero attached hydrogens (tertiary/aromatic N) is 2. The number of hydrogen-bond acceptors (Lipinski definition) is 4. The summed E-state index contributed by atoms with van der Waals surface area (Å²) in [5.41, 5.74) is 1.08. The van der Waals surface area contributed by atoms with Crippen molar-refractivity contribution in [2.24, 2.45) is 5.92 Å². The maximum Gasteiger partial charge on any atom is 0.243 e. The van der Waals surface area contributed by atoms with E-state index < -0.39 is 10.0 Å². The number of hydrogen-bond donors (Lipinski definition) is 0. The van der Waals surface area contributed by atoms with E-state index in [9.17, 15) is 8.42 Å². The van der Waals surface area contributed by atoms with Crippen LogP contribution in [0, 0.1) is 24.2 Å². The van der Waals surface area contributed by atoms with Gasteiger partial charge in [-0.15, -0.1) is 0 Å². The zero-order chi connectivity index (χ0) is 15.5. The first-order valence-electron chi connectivity index (χ1n) is 7.07. The van der Waals surface area contributed by atoms with E-state index in [1.54, 1.807) is 19.1 Å². The molecule has 0 bridgehead atoms. The lowest BCUT2D eigenvalue weighted by Gasteiger charge is -2.24. The topological polar surface area (TPSA) is 70.4 Å². The number of aryl methyl sites for hydroxylation is 1. The summed E-state index contributed by atoms with van der Waals surface area (Å²) in [6, 6.07) is 6.71. The summed E-state index contributed by atoms with van der Waals surface area (Å²) in [5.74, 6) is 0.262. The second-order valence-electron chi connectivity index (χ2n) is 5.28. The van der Waals surface area contributed by atoms with Crippen LogP contribution in [0.5, 0.6) is 0 Å². The lowest BCUT2D eigenvalue weighted by molar-refractivity contribution is 0.181. The summed E-state index contributed by atoms with van der Waals surface area (Å²) in [5, 5.41) is 8.88. The fourth-order valence-corrected chi connectivity index (χ4v) is 4.29. The zero-order valence-electron chi connectivity index (χ0n) is 12.4. The molecule has 0 N–H and O–H groups in total. The van der Waals surface area contributed by atoms with Crippen molar-refractivity contribution < 1.29 is 13.2 Å². The van der Waals surface area contributed by atoms with Gasteiger partial charge in [-0.05, 0) is 43.0 Å². The van der Waals surface area contributed by atoms with Gasteiger partial charge in [0.15, 0.2) is 0 Å². The third-order valence-corrected chi connectivity index (χ3v) is 5.86. The van der Waals surface area contributed by atoms with Gasteiger partial charge in [-0.1, -0.05) is 6.92 Å². The van der Waals surface area contributed by atoms with E-state index in [-0.39, 0.29) is 10.8 Å². The predicted molar refractivity (Wildman–Crippen MR) is 79.3 cm³/mol. The number of nitriles is 1. The molecular formula is C15H20N2O3S. The van der Waals surface area contributed by atoms with Gasteiger partial charge in [0, 0.05) is 19.7 Å². The van der Waals surface area contributed by atoms with Gasteiger partial charge in [-0.3, -0.25) is 0 Å². The van der Waals surface area contributed by atoms with E-state index in [1.807, 2.05) is 13.0 Å². The van der Waals surface area contributed by atoms with Gasteiger partial charge in [-0.25, -0.2) is 8.42 Å². The third-order valence-electron chi connectivity index (χ3n) is 3.76. The van der Waals surface area contributed by atoms with Gasteiger partial charge in [0.1, 0.15) is 0 Å². The molecule has 0 amide bonds. The Hall–Kier alpha value is -1.42. The Labute approximate surface area is 126 Å². The van der Waals surface area contributed by atoms with Crippen LogP contribution < -0.4 is 0 Å². The lowest BCUT2D eigenvalue weighted by Crippen LogP contribution is -2.35. The molecule has 1 fully saturated rings. The SMILES string of the molecule is CCN(CC1CCOC1)S(=O)(=O)c1ccc(C#N)cc1C. The average Bonchev–Trinajstić information content (AvgIpc) is 2.97. The van der Waals surface area contributed by atoms with Crippen LogP contribution in [-0.2, 0) is 14.8 Å². The van der Waals surface area contributed by atoms with Gasteiger partial charge in [0.2, 0.25) is 10.0 Å². The summed E-state index contributed by atoms with van der Waals surface area (Å²) in [7, 11) is -3.53. The standard InChI is InChI=1S/C15H20N2O3S/c1-3-17(10-14-6-7-20-11-14)21(18,19)15-5-4-13(9-16)8-12(15)2/h4-5,8,14H,3,6-7,10-11H2,1-2H3. The summed E-state index contributed by atoms with van der Waals surface area (Å²) in [4.78, 5) is 0.280. The van der Waals surface area contributed by atoms with Crippen LogP contribution in [0.2, 0.25) is 0 Å². The van der Waals surface area contributed by atoms with Gasteiger partial charge >= 0.3 is 0 Å². The minimum Gasteiger partial charge on any atom is -0.381 e. The molecular weight excluding hydrogens is 288 g/mol. The molecule has 0 aromatic heterocycles. The summed E-state index contributed by atoms with van der Waals surface area (Å²) in [6.45, 7) is 5.81. The maximum atomic E-state index is 12.8. The van der Waals surface area contributed by atoms with E-state index in [1.165, 1.54) is 10.4 Å². The normalized spacial score (nSPS) is 18.9. The summed E-state index contributed by atoms with van der Waals surface area (Å²) in [6.07, 6.45) is 0.901. The first-order chi connectivity index (χ1) is 9.98. The molecule has 1 heterocycles. The average molecular weight is 308 g/mol. The highest BCUT2D eigenvalue weighted by atomic mass is 32.2. The Morgan fingerprint density at radius 2 is 2.24 bits per heavy atom. The van der Waals surface area contributed by atoms with Crippen molar-refractivity contribution in [1.29, 1.82) is 5.26 Å². The van der Waals surface area contributed by atoms with Crippen molar-refractivity contribution in [2.75, 3.05) is 26.3 Å². The van der Waals surface area contributed by atoms with E-state index in [0.29, 0.717) is 37.4 Å². The number of ether oxygens (including phenoxy) is 1. The Morgan fingerprint density at radius 3 is 2.76 bits per heavy atom. The van der Waals surface area contributed by atoms with E-state index in [4.69, 9.17) is 10.00 Å². The van der Waals surface area contributed by atoms with Crippen molar-refractivity contribution in [2.45, 2.75) is 25.2 Å². The highest BCUT2D eigenvalue weighted by Crippen LogP contribution is 2.23. The van der Waals surface area contributed by atoms with Crippen molar-refractivity contribution in [3.8, 4) is 6.07 Å². The van der Waals surface area contributed by atoms with Crippen molar-refractivity contribution >= 4 is 10.0 Å². The highest BCUT2D eigenvalue weighted by Gasteiger charge is 2.28. The largest absolute Gasteiger partial charge is 0.381 e. The van der Waals surface area contributed by atoms with E-state index in [0.717, 1.165) is 6.42 Å². The third kappa shape index (κ3) is 3.43. The first kappa shape index (κ1) is 16.0. The highest BCUT2D eigenvalue weighted by molar-refractivity contribution is 7.89. The minimum atomic E-state index is -3.53. The van der Waals surface area contributed by atoms with Crippen molar-refractivity contribution in [1.82, 2.24) is 4.31 Å². The molecule has 1 saturated heterocycles. The van der Waals surface area contributed by atoms with Crippen LogP contribution in [0.15, 0.2) is 23.1 Å². The molecule has 1 aliphatic heterocycles. The Morgan fingerprint density at radius 1 is 1.48 bits per heavy atom. The van der Waals surface area contributed by atoms with Crippen LogP contribution in [0.25, 0.3) is 0 Å². The molecule has 0 saturated carbocycles. The Balaban J connectivity index is 2.28. The smallest absolute Gasteiger partial charge is 0.243 e. The van der Waals surface area contributed by atoms with Gasteiger partial charge in [0.05, 0.1) is 23.1 Å². The van der Waals surface area contributed by atoms with Crippen LogP contribution >= 0.6 is 0 Å². The second-order valence-corrected chi connectivity index (χ2v) is 7.18. The fraction of sp³-hybridized carbons (Fsp3) is 0.533. The Kier molecular flexibility index (Phi) is 4.99. The summed E-state index contributed by atoms with van der Waals surface area (Å²) < 4.78 is 32.4. The van der Waals surface area contributed by atoms with E-state index in [2.05, 4.69) is 0 Å². The molecule has 114 valence electrons. The lowest BCUT2D eigenvalue weighted by atomic mass is 10.1. The molecule has 1 atom stereocenters. The van der Waals surface area contributed by atoms with Crippen LogP contribution in [-0.4, -0.2) is 39.0 Å². The van der Waals surface area contributed by atoms with Crippen LogP contribution in [0.4, 0.5) is 0 Å². The Bertz CT molecular complexity index is 643. The molecule has 5 nitrogen and oxygen atoms in total. The molecule has 1 aromatic carbocycles. The van der Waals surface area contributed by atoms with Gasteiger partial charge in [0.25, 0.3) is 0 Å². The first-order valence-corrected chi connectivity index (χ1v) is 8.51. The number of sulfonamides is 1. The molecule has 2 rings (SSSR count). The molecule has 21 heavy (non-hydrogen) atoms. The molecule has 0 spiro atoms. The van der Waals surface area contributed by atoms with Crippen LogP contribution in [0.1, 0.15) is 24.5 Å². The molecule has 0 radical (unpaired) electrons. The molecule has 1 aromatic rings. The molecule has 1 aliphatic rings. The van der Waals surface area contributed by atoms with E-state index >= 15 is 0 Å². The number of rotatable bonds is 5. The minimum absolute atomic E-state index is 0.262. The number of benzene rings is 1. The second kappa shape index (κ2) is 6.56. The zero-order valence-corrected chi connectivity index (χ0v) is 13.2. The molecule has 0 aliphatic carbocycles. The monoisotopic (exact) mass is 308 g/mol. The van der Waals surface area contributed by atoms with Crippen molar-refractivity contribution in [3.05, 3.63) is 29.3 Å².